The van der Waals surface area contributed by atoms with Crippen molar-refractivity contribution in [2.75, 3.05) is 59.5 Å². The normalized spacial score (nSPS) is 24.9. The lowest BCUT2D eigenvalue weighted by Crippen LogP contribution is -2.62. The number of hydrogen-bond acceptors (Lipinski definition) is 4. The van der Waals surface area contributed by atoms with E-state index >= 15 is 0 Å². The molecule has 0 radical (unpaired) electrons. The summed E-state index contributed by atoms with van der Waals surface area (Å²) in [5.41, 5.74) is 0.463. The van der Waals surface area contributed by atoms with Gasteiger partial charge in [-0.1, -0.05) is 25.7 Å². The lowest BCUT2D eigenvalue weighted by atomic mass is 9.72. The van der Waals surface area contributed by atoms with Gasteiger partial charge in [-0.3, -0.25) is 9.89 Å². The molecule has 0 aromatic rings. The molecule has 1 saturated carbocycles. The lowest BCUT2D eigenvalue weighted by molar-refractivity contribution is 0.0173. The smallest absolute Gasteiger partial charge is 0.191 e. The Morgan fingerprint density at radius 3 is 2.16 bits per heavy atom. The van der Waals surface area contributed by atoms with Crippen LogP contribution < -0.4 is 10.6 Å². The molecule has 0 amide bonds. The minimum Gasteiger partial charge on any atom is -0.396 e. The van der Waals surface area contributed by atoms with E-state index in [2.05, 4.69) is 34.4 Å². The number of rotatable bonds is 8. The van der Waals surface area contributed by atoms with Crippen LogP contribution in [0.4, 0.5) is 0 Å². The van der Waals surface area contributed by atoms with Gasteiger partial charge in [0.15, 0.2) is 5.96 Å². The molecule has 3 fully saturated rings. The molecule has 0 spiro atoms. The number of hydrogen-bond donors (Lipinski definition) is 3. The number of piperidine rings is 2. The van der Waals surface area contributed by atoms with E-state index in [0.717, 1.165) is 32.0 Å². The summed E-state index contributed by atoms with van der Waals surface area (Å²) in [7, 11) is 2.25. The summed E-state index contributed by atoms with van der Waals surface area (Å²) in [6, 6.07) is 0. The van der Waals surface area contributed by atoms with Gasteiger partial charge in [0.1, 0.15) is 0 Å². The number of nitrogens with zero attached hydrogens (tertiary/aromatic N) is 3. The standard InChI is InChI=1S/C24H47N5O.HI/c1-3-25-22(26-20-23(14-19-30)10-6-4-7-11-23)27-21-24(12-17-28(2)18-13-24)29-15-8-5-9-16-29;/h30H,3-21H2,1-2H3,(H2,25,26,27);1H. The van der Waals surface area contributed by atoms with E-state index in [9.17, 15) is 5.11 Å². The van der Waals surface area contributed by atoms with E-state index in [0.29, 0.717) is 0 Å². The fraction of sp³-hybridized carbons (Fsp3) is 0.958. The van der Waals surface area contributed by atoms with Crippen molar-refractivity contribution >= 4 is 29.9 Å². The molecule has 2 aliphatic heterocycles. The van der Waals surface area contributed by atoms with Crippen LogP contribution in [0.2, 0.25) is 0 Å². The molecule has 3 aliphatic rings. The summed E-state index contributed by atoms with van der Waals surface area (Å²) in [5, 5.41) is 16.9. The molecule has 0 bridgehead atoms. The summed E-state index contributed by atoms with van der Waals surface area (Å²) < 4.78 is 0. The molecule has 182 valence electrons. The molecule has 0 aromatic heterocycles. The lowest BCUT2D eigenvalue weighted by Gasteiger charge is -2.50. The van der Waals surface area contributed by atoms with Gasteiger partial charge in [-0.2, -0.15) is 0 Å². The van der Waals surface area contributed by atoms with Gasteiger partial charge in [0.05, 0.1) is 0 Å². The highest BCUT2D eigenvalue weighted by Crippen LogP contribution is 2.39. The summed E-state index contributed by atoms with van der Waals surface area (Å²) in [6.07, 6.45) is 13.8. The summed E-state index contributed by atoms with van der Waals surface area (Å²) in [4.78, 5) is 10.3. The Morgan fingerprint density at radius 1 is 0.903 bits per heavy atom. The number of guanidine groups is 1. The number of nitrogens with one attached hydrogen (secondary N) is 2. The first-order valence-corrected chi connectivity index (χ1v) is 12.7. The van der Waals surface area contributed by atoms with Crippen molar-refractivity contribution in [2.24, 2.45) is 10.4 Å². The van der Waals surface area contributed by atoms with Crippen molar-refractivity contribution in [3.63, 3.8) is 0 Å². The highest BCUT2D eigenvalue weighted by Gasteiger charge is 2.39. The maximum absolute atomic E-state index is 9.64. The maximum atomic E-state index is 9.64. The van der Waals surface area contributed by atoms with Crippen molar-refractivity contribution in [3.8, 4) is 0 Å². The Balaban J connectivity index is 0.00000341. The Hall–Kier alpha value is -0.120. The maximum Gasteiger partial charge on any atom is 0.191 e. The second kappa shape index (κ2) is 13.6. The molecule has 7 heteroatoms. The van der Waals surface area contributed by atoms with Crippen LogP contribution in [0.15, 0.2) is 4.99 Å². The van der Waals surface area contributed by atoms with E-state index in [1.807, 2.05) is 0 Å². The van der Waals surface area contributed by atoms with Gasteiger partial charge in [-0.15, -0.1) is 24.0 Å². The Kier molecular flexibility index (Phi) is 11.9. The summed E-state index contributed by atoms with van der Waals surface area (Å²) in [6.45, 7) is 10.0. The van der Waals surface area contributed by atoms with E-state index in [1.165, 1.54) is 90.4 Å². The number of aliphatic hydroxyl groups excluding tert-OH is 1. The van der Waals surface area contributed by atoms with Gasteiger partial charge in [-0.05, 0) is 90.5 Å². The van der Waals surface area contributed by atoms with Crippen LogP contribution in [0.1, 0.15) is 77.6 Å². The van der Waals surface area contributed by atoms with Gasteiger partial charge in [0.2, 0.25) is 0 Å². The average Bonchev–Trinajstić information content (AvgIpc) is 2.78. The minimum absolute atomic E-state index is 0. The molecule has 6 nitrogen and oxygen atoms in total. The number of aliphatic hydroxyl groups is 1. The molecule has 0 atom stereocenters. The molecule has 3 N–H and O–H groups in total. The van der Waals surface area contributed by atoms with Crippen molar-refractivity contribution in [2.45, 2.75) is 83.1 Å². The summed E-state index contributed by atoms with van der Waals surface area (Å²) in [5.74, 6) is 0.968. The second-order valence-corrected chi connectivity index (χ2v) is 10.2. The van der Waals surface area contributed by atoms with Gasteiger partial charge >= 0.3 is 0 Å². The van der Waals surface area contributed by atoms with Crippen molar-refractivity contribution < 1.29 is 5.11 Å². The number of halogens is 1. The molecule has 1 aliphatic carbocycles. The van der Waals surface area contributed by atoms with Crippen LogP contribution in [0.5, 0.6) is 0 Å². The zero-order valence-corrected chi connectivity index (χ0v) is 22.5. The zero-order chi connectivity index (χ0) is 21.3. The minimum atomic E-state index is 0. The predicted octanol–water partition coefficient (Wildman–Crippen LogP) is 3.44. The quantitative estimate of drug-likeness (QED) is 0.246. The molecular weight excluding hydrogens is 501 g/mol. The van der Waals surface area contributed by atoms with Crippen LogP contribution >= 0.6 is 24.0 Å². The summed E-state index contributed by atoms with van der Waals surface area (Å²) >= 11 is 0. The number of aliphatic imine (C=N–C) groups is 1. The van der Waals surface area contributed by atoms with Gasteiger partial charge in [-0.25, -0.2) is 0 Å². The second-order valence-electron chi connectivity index (χ2n) is 10.2. The molecule has 0 unspecified atom stereocenters. The predicted molar refractivity (Wildman–Crippen MR) is 142 cm³/mol. The molecule has 2 saturated heterocycles. The van der Waals surface area contributed by atoms with E-state index in [1.54, 1.807) is 0 Å². The van der Waals surface area contributed by atoms with Crippen molar-refractivity contribution in [1.29, 1.82) is 0 Å². The topological polar surface area (TPSA) is 63.1 Å². The fourth-order valence-electron chi connectivity index (χ4n) is 5.87. The third kappa shape index (κ3) is 7.71. The first-order valence-electron chi connectivity index (χ1n) is 12.7. The van der Waals surface area contributed by atoms with Crippen LogP contribution in [-0.4, -0.2) is 85.9 Å². The third-order valence-electron chi connectivity index (χ3n) is 8.00. The first kappa shape index (κ1) is 27.1. The molecule has 3 rings (SSSR count). The Bertz CT molecular complexity index is 519. The van der Waals surface area contributed by atoms with Gasteiger partial charge in [0, 0.05) is 31.8 Å². The SMILES string of the molecule is CCNC(=NCC1(CCO)CCCCC1)NCC1(N2CCCCC2)CCN(C)CC1.I. The van der Waals surface area contributed by atoms with Crippen LogP contribution in [0.3, 0.4) is 0 Å². The molecule has 2 heterocycles. The average molecular weight is 550 g/mol. The van der Waals surface area contributed by atoms with E-state index in [-0.39, 0.29) is 41.5 Å². The highest BCUT2D eigenvalue weighted by molar-refractivity contribution is 14.0. The highest BCUT2D eigenvalue weighted by atomic mass is 127. The zero-order valence-electron chi connectivity index (χ0n) is 20.1. The van der Waals surface area contributed by atoms with Crippen LogP contribution in [0.25, 0.3) is 0 Å². The largest absolute Gasteiger partial charge is 0.396 e. The van der Waals surface area contributed by atoms with Gasteiger partial charge in [0.25, 0.3) is 0 Å². The van der Waals surface area contributed by atoms with Crippen LogP contribution in [-0.2, 0) is 0 Å². The van der Waals surface area contributed by atoms with Crippen molar-refractivity contribution in [1.82, 2.24) is 20.4 Å². The Labute approximate surface area is 208 Å². The number of likely N-dealkylation sites (tertiary alicyclic amines) is 2. The van der Waals surface area contributed by atoms with E-state index < -0.39 is 0 Å². The fourth-order valence-corrected chi connectivity index (χ4v) is 5.87. The van der Waals surface area contributed by atoms with Crippen LogP contribution in [0, 0.1) is 5.41 Å². The monoisotopic (exact) mass is 549 g/mol. The van der Waals surface area contributed by atoms with E-state index in [4.69, 9.17) is 4.99 Å². The molecular formula is C24H48IN5O. The van der Waals surface area contributed by atoms with Gasteiger partial charge < -0.3 is 20.6 Å². The first-order chi connectivity index (χ1) is 14.6. The van der Waals surface area contributed by atoms with Crippen molar-refractivity contribution in [3.05, 3.63) is 0 Å². The molecule has 31 heavy (non-hydrogen) atoms. The third-order valence-corrected chi connectivity index (χ3v) is 8.00. The molecule has 0 aromatic carbocycles. The Morgan fingerprint density at radius 2 is 1.55 bits per heavy atom.